The summed E-state index contributed by atoms with van der Waals surface area (Å²) in [5.41, 5.74) is 2.56. The van der Waals surface area contributed by atoms with Crippen LogP contribution in [0.5, 0.6) is 5.75 Å². The Labute approximate surface area is 179 Å². The lowest BCUT2D eigenvalue weighted by atomic mass is 10.0. The lowest BCUT2D eigenvalue weighted by Gasteiger charge is -2.18. The predicted molar refractivity (Wildman–Crippen MR) is 124 cm³/mol. The van der Waals surface area contributed by atoms with Crippen LogP contribution in [0, 0.1) is 11.3 Å². The van der Waals surface area contributed by atoms with Crippen LogP contribution in [0.25, 0.3) is 22.4 Å². The summed E-state index contributed by atoms with van der Waals surface area (Å²) < 4.78 is 5.83. The molecule has 0 atom stereocenters. The molecule has 0 amide bonds. The number of hydrogen-bond acceptors (Lipinski definition) is 3. The molecule has 0 saturated carbocycles. The number of halogens is 1. The summed E-state index contributed by atoms with van der Waals surface area (Å²) in [6, 6.07) is 24.6. The van der Waals surface area contributed by atoms with E-state index in [1.807, 2.05) is 48.5 Å². The van der Waals surface area contributed by atoms with Gasteiger partial charge in [-0.2, -0.15) is 5.26 Å². The van der Waals surface area contributed by atoms with Gasteiger partial charge in [0, 0.05) is 6.54 Å². The van der Waals surface area contributed by atoms with Gasteiger partial charge in [0.2, 0.25) is 0 Å². The van der Waals surface area contributed by atoms with E-state index in [2.05, 4.69) is 49.1 Å². The molecule has 3 rings (SSSR count). The third-order valence-electron chi connectivity index (χ3n) is 4.94. The van der Waals surface area contributed by atoms with E-state index in [-0.39, 0.29) is 12.4 Å². The molecule has 0 heterocycles. The van der Waals surface area contributed by atoms with E-state index in [9.17, 15) is 5.26 Å². The zero-order chi connectivity index (χ0) is 19.8. The molecule has 0 spiro atoms. The number of allylic oxidation sites excluding steroid dienone is 1. The highest BCUT2D eigenvalue weighted by Gasteiger charge is 2.04. The molecule has 3 nitrogen and oxygen atoms in total. The van der Waals surface area contributed by atoms with Gasteiger partial charge in [0.15, 0.2) is 0 Å². The highest BCUT2D eigenvalue weighted by atomic mass is 35.5. The van der Waals surface area contributed by atoms with Crippen LogP contribution in [0.3, 0.4) is 0 Å². The van der Waals surface area contributed by atoms with E-state index in [4.69, 9.17) is 4.74 Å². The van der Waals surface area contributed by atoms with Crippen LogP contribution in [0.2, 0.25) is 0 Å². The van der Waals surface area contributed by atoms with Crippen molar-refractivity contribution < 1.29 is 4.74 Å². The standard InChI is InChI=1S/C25H26N2O.ClH/c1-3-27(4-2)15-16-28-25-13-11-22(12-14-25)24(19-26)18-20-9-10-21-7-5-6-8-23(21)17-20;/h5-14,17-18H,3-4,15-16H2,1-2H3;1H. The van der Waals surface area contributed by atoms with Gasteiger partial charge in [-0.25, -0.2) is 0 Å². The number of ether oxygens (including phenoxy) is 1. The minimum Gasteiger partial charge on any atom is -0.492 e. The number of hydrogen-bond donors (Lipinski definition) is 0. The molecule has 0 aliphatic heterocycles. The third kappa shape index (κ3) is 6.09. The fraction of sp³-hybridized carbons (Fsp3) is 0.240. The summed E-state index contributed by atoms with van der Waals surface area (Å²) in [7, 11) is 0. The Morgan fingerprint density at radius 2 is 1.66 bits per heavy atom. The number of benzene rings is 3. The zero-order valence-electron chi connectivity index (χ0n) is 17.0. The van der Waals surface area contributed by atoms with Crippen LogP contribution in [-0.2, 0) is 0 Å². The molecule has 0 fully saturated rings. The van der Waals surface area contributed by atoms with E-state index in [0.717, 1.165) is 36.5 Å². The number of rotatable bonds is 8. The largest absolute Gasteiger partial charge is 0.492 e. The molecule has 0 radical (unpaired) electrons. The Morgan fingerprint density at radius 3 is 2.31 bits per heavy atom. The summed E-state index contributed by atoms with van der Waals surface area (Å²) in [5.74, 6) is 0.832. The Bertz CT molecular complexity index is 986. The molecule has 0 aliphatic rings. The summed E-state index contributed by atoms with van der Waals surface area (Å²) in [5, 5.41) is 12.0. The van der Waals surface area contributed by atoms with Crippen molar-refractivity contribution in [1.82, 2.24) is 4.90 Å². The fourth-order valence-electron chi connectivity index (χ4n) is 3.21. The van der Waals surface area contributed by atoms with Gasteiger partial charge < -0.3 is 9.64 Å². The second-order valence-corrected chi connectivity index (χ2v) is 6.68. The lowest BCUT2D eigenvalue weighted by molar-refractivity contribution is 0.223. The Morgan fingerprint density at radius 1 is 0.966 bits per heavy atom. The molecule has 3 aromatic carbocycles. The van der Waals surface area contributed by atoms with E-state index < -0.39 is 0 Å². The van der Waals surface area contributed by atoms with Crippen molar-refractivity contribution in [2.45, 2.75) is 13.8 Å². The van der Waals surface area contributed by atoms with Gasteiger partial charge in [0.25, 0.3) is 0 Å². The third-order valence-corrected chi connectivity index (χ3v) is 4.94. The maximum absolute atomic E-state index is 9.63. The lowest BCUT2D eigenvalue weighted by Crippen LogP contribution is -2.27. The second-order valence-electron chi connectivity index (χ2n) is 6.68. The first kappa shape index (κ1) is 22.5. The molecular formula is C25H27ClN2O. The Balaban J connectivity index is 0.00000300. The fourth-order valence-corrected chi connectivity index (χ4v) is 3.21. The summed E-state index contributed by atoms with van der Waals surface area (Å²) in [4.78, 5) is 2.33. The van der Waals surface area contributed by atoms with Crippen LogP contribution in [0.1, 0.15) is 25.0 Å². The van der Waals surface area contributed by atoms with Gasteiger partial charge in [-0.15, -0.1) is 12.4 Å². The van der Waals surface area contributed by atoms with E-state index in [1.165, 1.54) is 10.8 Å². The Hall–Kier alpha value is -2.80. The van der Waals surface area contributed by atoms with Crippen molar-refractivity contribution in [2.75, 3.05) is 26.2 Å². The SMILES string of the molecule is CCN(CC)CCOc1ccc(C(C#N)=Cc2ccc3ccccc3c2)cc1.Cl. The smallest absolute Gasteiger partial charge is 0.119 e. The number of nitriles is 1. The second kappa shape index (κ2) is 11.3. The molecule has 0 aromatic heterocycles. The minimum absolute atomic E-state index is 0. The maximum atomic E-state index is 9.63. The topological polar surface area (TPSA) is 36.3 Å². The van der Waals surface area contributed by atoms with Gasteiger partial charge in [-0.05, 0) is 71.4 Å². The van der Waals surface area contributed by atoms with Gasteiger partial charge in [0.1, 0.15) is 12.4 Å². The van der Waals surface area contributed by atoms with E-state index in [0.29, 0.717) is 12.2 Å². The molecule has 0 bridgehead atoms. The summed E-state index contributed by atoms with van der Waals surface area (Å²) in [6.45, 7) is 7.96. The number of fused-ring (bicyclic) bond motifs is 1. The van der Waals surface area contributed by atoms with Crippen LogP contribution in [0.4, 0.5) is 0 Å². The average molecular weight is 407 g/mol. The highest BCUT2D eigenvalue weighted by Crippen LogP contribution is 2.23. The minimum atomic E-state index is 0. The van der Waals surface area contributed by atoms with E-state index >= 15 is 0 Å². The molecule has 3 aromatic rings. The Kier molecular flexibility index (Phi) is 8.73. The molecule has 0 aliphatic carbocycles. The van der Waals surface area contributed by atoms with Crippen LogP contribution < -0.4 is 4.74 Å². The molecule has 29 heavy (non-hydrogen) atoms. The average Bonchev–Trinajstić information content (AvgIpc) is 2.75. The van der Waals surface area contributed by atoms with Crippen molar-refractivity contribution in [3.63, 3.8) is 0 Å². The number of likely N-dealkylation sites (N-methyl/N-ethyl adjacent to an activating group) is 1. The zero-order valence-corrected chi connectivity index (χ0v) is 17.8. The first-order valence-electron chi connectivity index (χ1n) is 9.79. The molecular weight excluding hydrogens is 380 g/mol. The van der Waals surface area contributed by atoms with Gasteiger partial charge in [-0.1, -0.05) is 50.2 Å². The molecule has 0 N–H and O–H groups in total. The van der Waals surface area contributed by atoms with Gasteiger partial charge in [0.05, 0.1) is 11.6 Å². The van der Waals surface area contributed by atoms with E-state index in [1.54, 1.807) is 0 Å². The van der Waals surface area contributed by atoms with Crippen LogP contribution >= 0.6 is 12.4 Å². The normalized spacial score (nSPS) is 11.2. The van der Waals surface area contributed by atoms with Crippen LogP contribution in [0.15, 0.2) is 66.7 Å². The maximum Gasteiger partial charge on any atom is 0.119 e. The summed E-state index contributed by atoms with van der Waals surface area (Å²) >= 11 is 0. The molecule has 150 valence electrons. The van der Waals surface area contributed by atoms with Crippen molar-refractivity contribution in [3.8, 4) is 11.8 Å². The first-order valence-corrected chi connectivity index (χ1v) is 9.79. The molecule has 0 saturated heterocycles. The monoisotopic (exact) mass is 406 g/mol. The molecule has 4 heteroatoms. The predicted octanol–water partition coefficient (Wildman–Crippen LogP) is 6.05. The van der Waals surface area contributed by atoms with Crippen LogP contribution in [-0.4, -0.2) is 31.1 Å². The van der Waals surface area contributed by atoms with Crippen molar-refractivity contribution in [2.24, 2.45) is 0 Å². The van der Waals surface area contributed by atoms with Gasteiger partial charge >= 0.3 is 0 Å². The van der Waals surface area contributed by atoms with Gasteiger partial charge in [-0.3, -0.25) is 0 Å². The number of nitrogens with zero attached hydrogens (tertiary/aromatic N) is 2. The summed E-state index contributed by atoms with van der Waals surface area (Å²) in [6.07, 6.45) is 1.93. The van der Waals surface area contributed by atoms with Crippen molar-refractivity contribution in [3.05, 3.63) is 77.9 Å². The van der Waals surface area contributed by atoms with Crippen molar-refractivity contribution in [1.29, 1.82) is 5.26 Å². The first-order chi connectivity index (χ1) is 13.7. The highest BCUT2D eigenvalue weighted by molar-refractivity contribution is 5.92. The van der Waals surface area contributed by atoms with Crippen molar-refractivity contribution >= 4 is 34.8 Å². The molecule has 0 unspecified atom stereocenters. The quantitative estimate of drug-likeness (QED) is 0.337.